The molecule has 0 saturated carbocycles. The lowest BCUT2D eigenvalue weighted by Gasteiger charge is -2.19. The number of ketones is 1. The molecule has 0 spiro atoms. The van der Waals surface area contributed by atoms with E-state index in [9.17, 15) is 4.79 Å². The number of halogens is 2. The number of hydrogen-bond acceptors (Lipinski definition) is 3. The lowest BCUT2D eigenvalue weighted by Crippen LogP contribution is -2.08. The largest absolute Gasteiger partial charge is 0.339 e. The quantitative estimate of drug-likeness (QED) is 0.202. The van der Waals surface area contributed by atoms with Gasteiger partial charge in [-0.05, 0) is 53.9 Å². The van der Waals surface area contributed by atoms with Crippen LogP contribution in [0.25, 0.3) is 22.0 Å². The fourth-order valence-corrected chi connectivity index (χ4v) is 5.07. The highest BCUT2D eigenvalue weighted by Crippen LogP contribution is 2.38. The number of aromatic nitrogens is 1. The Bertz CT molecular complexity index is 1530. The van der Waals surface area contributed by atoms with Crippen LogP contribution < -0.4 is 5.32 Å². The van der Waals surface area contributed by atoms with Gasteiger partial charge in [0.25, 0.3) is 0 Å². The van der Waals surface area contributed by atoms with E-state index in [0.717, 1.165) is 54.5 Å². The molecule has 1 aromatic heterocycles. The van der Waals surface area contributed by atoms with Gasteiger partial charge in [-0.1, -0.05) is 99.4 Å². The van der Waals surface area contributed by atoms with Crippen molar-refractivity contribution in [3.05, 3.63) is 123 Å². The van der Waals surface area contributed by atoms with Crippen molar-refractivity contribution in [1.82, 2.24) is 4.98 Å². The van der Waals surface area contributed by atoms with Crippen molar-refractivity contribution in [3.8, 4) is 11.1 Å². The Morgan fingerprint density at radius 2 is 1.49 bits per heavy atom. The third kappa shape index (κ3) is 4.79. The van der Waals surface area contributed by atoms with Crippen LogP contribution in [0, 0.1) is 0 Å². The molecule has 0 aliphatic carbocycles. The number of carbonyl (C=O) groups excluding carboxylic acids is 1. The van der Waals surface area contributed by atoms with E-state index >= 15 is 0 Å². The average molecular weight is 586 g/mol. The van der Waals surface area contributed by atoms with E-state index in [1.165, 1.54) is 0 Å². The fourth-order valence-electron chi connectivity index (χ4n) is 4.34. The first-order chi connectivity index (χ1) is 17.0. The fraction of sp³-hybridized carbons (Fsp3) is 0.0667. The summed E-state index contributed by atoms with van der Waals surface area (Å²) in [7, 11) is 0. The van der Waals surface area contributed by atoms with E-state index < -0.39 is 0 Å². The lowest BCUT2D eigenvalue weighted by molar-refractivity contribution is 0.103. The second kappa shape index (κ2) is 10.1. The van der Waals surface area contributed by atoms with Gasteiger partial charge in [-0.2, -0.15) is 0 Å². The number of pyridine rings is 1. The van der Waals surface area contributed by atoms with E-state index in [-0.39, 0.29) is 5.78 Å². The Morgan fingerprint density at radius 3 is 2.20 bits per heavy atom. The van der Waals surface area contributed by atoms with Gasteiger partial charge < -0.3 is 5.32 Å². The highest BCUT2D eigenvalue weighted by molar-refractivity contribution is 9.10. The first kappa shape index (κ1) is 23.5. The minimum absolute atomic E-state index is 0.0412. The first-order valence-electron chi connectivity index (χ1n) is 11.4. The van der Waals surface area contributed by atoms with Gasteiger partial charge in [0.2, 0.25) is 0 Å². The molecule has 35 heavy (non-hydrogen) atoms. The number of nitrogens with one attached hydrogen (secondary N) is 1. The lowest BCUT2D eigenvalue weighted by atomic mass is 9.94. The molecular weight excluding hydrogens is 564 g/mol. The van der Waals surface area contributed by atoms with E-state index in [2.05, 4.69) is 74.4 Å². The molecule has 0 radical (unpaired) electrons. The summed E-state index contributed by atoms with van der Waals surface area (Å²) in [5.41, 5.74) is 6.23. The number of fused-ring (bicyclic) bond motifs is 1. The molecule has 5 rings (SSSR count). The molecule has 0 bridgehead atoms. The van der Waals surface area contributed by atoms with Gasteiger partial charge >= 0.3 is 0 Å². The van der Waals surface area contributed by atoms with Crippen molar-refractivity contribution in [2.24, 2.45) is 0 Å². The molecule has 0 unspecified atom stereocenters. The minimum atomic E-state index is -0.0412. The first-order valence-corrected chi connectivity index (χ1v) is 13.0. The number of anilines is 2. The summed E-state index contributed by atoms with van der Waals surface area (Å²) in [5.74, 6) is 0.714. The highest BCUT2D eigenvalue weighted by Gasteiger charge is 2.19. The van der Waals surface area contributed by atoms with Crippen LogP contribution in [0.5, 0.6) is 0 Å². The Kier molecular flexibility index (Phi) is 6.80. The van der Waals surface area contributed by atoms with E-state index in [0.29, 0.717) is 11.1 Å². The Balaban J connectivity index is 1.70. The molecule has 1 heterocycles. The smallest absolute Gasteiger partial charge is 0.195 e. The molecule has 0 amide bonds. The zero-order chi connectivity index (χ0) is 24.4. The molecule has 5 aromatic rings. The van der Waals surface area contributed by atoms with Gasteiger partial charge in [-0.15, -0.1) is 0 Å². The molecule has 4 aromatic carbocycles. The second-order valence-electron chi connectivity index (χ2n) is 8.21. The normalized spacial score (nSPS) is 10.9. The highest BCUT2D eigenvalue weighted by atomic mass is 79.9. The molecule has 0 aliphatic rings. The van der Waals surface area contributed by atoms with Crippen molar-refractivity contribution < 1.29 is 4.79 Å². The number of hydrogen-bond donors (Lipinski definition) is 1. The summed E-state index contributed by atoms with van der Waals surface area (Å²) in [6.07, 6.45) is 0.778. The van der Waals surface area contributed by atoms with Crippen molar-refractivity contribution in [3.63, 3.8) is 0 Å². The van der Waals surface area contributed by atoms with E-state index in [4.69, 9.17) is 4.98 Å². The zero-order valence-corrected chi connectivity index (χ0v) is 22.2. The third-order valence-electron chi connectivity index (χ3n) is 5.98. The van der Waals surface area contributed by atoms with E-state index in [1.54, 1.807) is 0 Å². The van der Waals surface area contributed by atoms with Gasteiger partial charge in [-0.3, -0.25) is 4.79 Å². The summed E-state index contributed by atoms with van der Waals surface area (Å²) in [4.78, 5) is 18.4. The van der Waals surface area contributed by atoms with Crippen molar-refractivity contribution in [2.75, 3.05) is 5.32 Å². The van der Waals surface area contributed by atoms with Gasteiger partial charge in [0, 0.05) is 31.0 Å². The Hall–Kier alpha value is -3.28. The molecule has 0 atom stereocenters. The van der Waals surface area contributed by atoms with Gasteiger partial charge in [-0.25, -0.2) is 4.98 Å². The molecule has 3 nitrogen and oxygen atoms in total. The summed E-state index contributed by atoms with van der Waals surface area (Å²) in [6, 6.07) is 31.6. The van der Waals surface area contributed by atoms with Crippen LogP contribution in [0.2, 0.25) is 0 Å². The summed E-state index contributed by atoms with van der Waals surface area (Å²) in [5, 5.41) is 4.61. The van der Waals surface area contributed by atoms with Crippen molar-refractivity contribution in [2.45, 2.75) is 13.3 Å². The van der Waals surface area contributed by atoms with E-state index in [1.807, 2.05) is 66.7 Å². The standard InChI is InChI=1S/C30H22Br2N2O/c1-2-23-28(19-9-5-3-6-10-19)24-17-21(31)13-15-26(24)33-30(23)34-27-16-14-22(32)18-25(27)29(35)20-11-7-4-8-12-20/h3-18H,2H2,1H3,(H,33,34). The average Bonchev–Trinajstić information content (AvgIpc) is 2.89. The van der Waals surface area contributed by atoms with Crippen LogP contribution >= 0.6 is 31.9 Å². The molecule has 0 fully saturated rings. The predicted octanol–water partition coefficient (Wildman–Crippen LogP) is 8.96. The van der Waals surface area contributed by atoms with Gasteiger partial charge in [0.05, 0.1) is 11.2 Å². The van der Waals surface area contributed by atoms with Crippen LogP contribution in [0.1, 0.15) is 28.4 Å². The van der Waals surface area contributed by atoms with Crippen LogP contribution in [-0.2, 0) is 6.42 Å². The maximum atomic E-state index is 13.4. The van der Waals surface area contributed by atoms with Crippen molar-refractivity contribution in [1.29, 1.82) is 0 Å². The number of benzene rings is 4. The van der Waals surface area contributed by atoms with Crippen LogP contribution in [0.15, 0.2) is 106 Å². The SMILES string of the molecule is CCc1c(Nc2ccc(Br)cc2C(=O)c2ccccc2)nc2ccc(Br)cc2c1-c1ccccc1. The van der Waals surface area contributed by atoms with Gasteiger partial charge in [0.15, 0.2) is 5.78 Å². The number of rotatable bonds is 6. The molecule has 1 N–H and O–H groups in total. The topological polar surface area (TPSA) is 42.0 Å². The van der Waals surface area contributed by atoms with Crippen LogP contribution in [-0.4, -0.2) is 10.8 Å². The predicted molar refractivity (Wildman–Crippen MR) is 152 cm³/mol. The maximum absolute atomic E-state index is 13.4. The summed E-state index contributed by atoms with van der Waals surface area (Å²) < 4.78 is 1.86. The second-order valence-corrected chi connectivity index (χ2v) is 10.0. The zero-order valence-electron chi connectivity index (χ0n) is 19.1. The Morgan fingerprint density at radius 1 is 0.829 bits per heavy atom. The molecule has 5 heteroatoms. The summed E-state index contributed by atoms with van der Waals surface area (Å²) in [6.45, 7) is 2.13. The number of nitrogens with zero attached hydrogens (tertiary/aromatic N) is 1. The molecular formula is C30H22Br2N2O. The van der Waals surface area contributed by atoms with Crippen LogP contribution in [0.3, 0.4) is 0 Å². The molecule has 0 aliphatic heterocycles. The minimum Gasteiger partial charge on any atom is -0.339 e. The van der Waals surface area contributed by atoms with Crippen LogP contribution in [0.4, 0.5) is 11.5 Å². The van der Waals surface area contributed by atoms with Crippen molar-refractivity contribution >= 4 is 60.1 Å². The molecule has 172 valence electrons. The molecule has 0 saturated heterocycles. The van der Waals surface area contributed by atoms with Gasteiger partial charge in [0.1, 0.15) is 5.82 Å². The summed E-state index contributed by atoms with van der Waals surface area (Å²) >= 11 is 7.16. The Labute approximate surface area is 221 Å². The number of carbonyl (C=O) groups is 1. The monoisotopic (exact) mass is 584 g/mol. The third-order valence-corrected chi connectivity index (χ3v) is 6.97. The maximum Gasteiger partial charge on any atom is 0.195 e.